The average Bonchev–Trinajstić information content (AvgIpc) is 2.58. The van der Waals surface area contributed by atoms with Gasteiger partial charge in [-0.15, -0.1) is 10.2 Å². The first-order valence-electron chi connectivity index (χ1n) is 5.96. The number of nitrogens with zero attached hydrogens (tertiary/aromatic N) is 4. The minimum absolute atomic E-state index is 0.000599. The number of allylic oxidation sites excluding steroid dienone is 1. The highest BCUT2D eigenvalue weighted by molar-refractivity contribution is 5.93. The Hall–Kier alpha value is -1.72. The lowest BCUT2D eigenvalue weighted by Gasteiger charge is -2.05. The molecular formula is C11H17N5O. The quantitative estimate of drug-likeness (QED) is 0.837. The molecule has 6 nitrogen and oxygen atoms in total. The van der Waals surface area contributed by atoms with Crippen molar-refractivity contribution >= 4 is 5.91 Å². The van der Waals surface area contributed by atoms with Crippen LogP contribution >= 0.6 is 0 Å². The summed E-state index contributed by atoms with van der Waals surface area (Å²) in [6, 6.07) is 0. The predicted molar refractivity (Wildman–Crippen MR) is 61.8 cm³/mol. The molecule has 1 aromatic rings. The molecular weight excluding hydrogens is 218 g/mol. The maximum absolute atomic E-state index is 11.9. The molecule has 1 aliphatic rings. The second-order valence-electron chi connectivity index (χ2n) is 4.21. The van der Waals surface area contributed by atoms with Gasteiger partial charge in [0.15, 0.2) is 5.82 Å². The van der Waals surface area contributed by atoms with E-state index in [0.717, 1.165) is 24.8 Å². The van der Waals surface area contributed by atoms with Crippen molar-refractivity contribution in [1.82, 2.24) is 25.5 Å². The molecule has 0 aliphatic heterocycles. The Morgan fingerprint density at radius 1 is 1.47 bits per heavy atom. The molecule has 0 unspecified atom stereocenters. The number of carbonyl (C=O) groups excluding carboxylic acids is 1. The molecule has 1 aromatic heterocycles. The molecule has 6 heteroatoms. The summed E-state index contributed by atoms with van der Waals surface area (Å²) in [4.78, 5) is 13.3. The standard InChI is InChI=1S/C11H17N5O/c1-16-14-10(13-15-16)8-12-11(17)9-6-4-2-3-5-7-9/h6H,2-5,7-8H2,1H3,(H,12,17). The van der Waals surface area contributed by atoms with Crippen LogP contribution in [0.25, 0.3) is 0 Å². The van der Waals surface area contributed by atoms with Gasteiger partial charge in [-0.2, -0.15) is 4.80 Å². The molecule has 1 N–H and O–H groups in total. The molecule has 17 heavy (non-hydrogen) atoms. The summed E-state index contributed by atoms with van der Waals surface area (Å²) in [5.74, 6) is 0.537. The van der Waals surface area contributed by atoms with Gasteiger partial charge in [-0.3, -0.25) is 4.79 Å². The van der Waals surface area contributed by atoms with Crippen LogP contribution in [0.1, 0.15) is 37.9 Å². The van der Waals surface area contributed by atoms with Gasteiger partial charge < -0.3 is 5.32 Å². The topological polar surface area (TPSA) is 72.7 Å². The summed E-state index contributed by atoms with van der Waals surface area (Å²) in [6.45, 7) is 0.337. The maximum atomic E-state index is 11.9. The second-order valence-corrected chi connectivity index (χ2v) is 4.21. The highest BCUT2D eigenvalue weighted by Gasteiger charge is 2.11. The van der Waals surface area contributed by atoms with E-state index in [9.17, 15) is 4.79 Å². The van der Waals surface area contributed by atoms with Crippen molar-refractivity contribution in [2.24, 2.45) is 7.05 Å². The van der Waals surface area contributed by atoms with Gasteiger partial charge in [0.25, 0.3) is 0 Å². The highest BCUT2D eigenvalue weighted by atomic mass is 16.1. The summed E-state index contributed by atoms with van der Waals surface area (Å²) in [6.07, 6.45) is 7.42. The first kappa shape index (κ1) is 11.8. The molecule has 92 valence electrons. The fraction of sp³-hybridized carbons (Fsp3) is 0.636. The Labute approximate surface area is 100 Å². The Morgan fingerprint density at radius 3 is 3.12 bits per heavy atom. The van der Waals surface area contributed by atoms with Crippen molar-refractivity contribution in [3.63, 3.8) is 0 Å². The van der Waals surface area contributed by atoms with Crippen molar-refractivity contribution in [2.75, 3.05) is 0 Å². The van der Waals surface area contributed by atoms with Crippen LogP contribution < -0.4 is 5.32 Å². The molecule has 0 spiro atoms. The van der Waals surface area contributed by atoms with E-state index in [0.29, 0.717) is 12.4 Å². The summed E-state index contributed by atoms with van der Waals surface area (Å²) in [5, 5.41) is 14.4. The van der Waals surface area contributed by atoms with Crippen LogP contribution in [0.5, 0.6) is 0 Å². The summed E-state index contributed by atoms with van der Waals surface area (Å²) in [7, 11) is 1.70. The number of nitrogens with one attached hydrogen (secondary N) is 1. The zero-order chi connectivity index (χ0) is 12.1. The minimum Gasteiger partial charge on any atom is -0.345 e. The SMILES string of the molecule is Cn1nnc(CNC(=O)C2=CCCCCC2)n1. The van der Waals surface area contributed by atoms with Gasteiger partial charge in [0.05, 0.1) is 13.6 Å². The zero-order valence-electron chi connectivity index (χ0n) is 10.0. The molecule has 0 saturated carbocycles. The summed E-state index contributed by atoms with van der Waals surface area (Å²) in [5.41, 5.74) is 0.895. The van der Waals surface area contributed by atoms with E-state index < -0.39 is 0 Å². The van der Waals surface area contributed by atoms with Gasteiger partial charge in [0, 0.05) is 5.57 Å². The lowest BCUT2D eigenvalue weighted by molar-refractivity contribution is -0.117. The van der Waals surface area contributed by atoms with Gasteiger partial charge in [0.1, 0.15) is 0 Å². The number of amides is 1. The normalized spacial score (nSPS) is 16.2. The predicted octanol–water partition coefficient (Wildman–Crippen LogP) is 0.717. The fourth-order valence-electron chi connectivity index (χ4n) is 1.89. The van der Waals surface area contributed by atoms with E-state index in [-0.39, 0.29) is 5.91 Å². The third-order valence-corrected chi connectivity index (χ3v) is 2.79. The Bertz CT molecular complexity index is 423. The third-order valence-electron chi connectivity index (χ3n) is 2.79. The summed E-state index contributed by atoms with van der Waals surface area (Å²) >= 11 is 0. The maximum Gasteiger partial charge on any atom is 0.247 e. The highest BCUT2D eigenvalue weighted by Crippen LogP contribution is 2.16. The largest absolute Gasteiger partial charge is 0.345 e. The van der Waals surface area contributed by atoms with E-state index in [4.69, 9.17) is 0 Å². The van der Waals surface area contributed by atoms with Crippen molar-refractivity contribution in [1.29, 1.82) is 0 Å². The zero-order valence-corrected chi connectivity index (χ0v) is 10.0. The molecule has 0 aromatic carbocycles. The number of aryl methyl sites for hydroxylation is 1. The van der Waals surface area contributed by atoms with E-state index in [2.05, 4.69) is 20.7 Å². The van der Waals surface area contributed by atoms with Crippen LogP contribution in [-0.4, -0.2) is 26.1 Å². The summed E-state index contributed by atoms with van der Waals surface area (Å²) < 4.78 is 0. The van der Waals surface area contributed by atoms with Crippen LogP contribution in [0, 0.1) is 0 Å². The number of rotatable bonds is 3. The molecule has 0 saturated heterocycles. The lowest BCUT2D eigenvalue weighted by Crippen LogP contribution is -2.25. The Morgan fingerprint density at radius 2 is 2.35 bits per heavy atom. The molecule has 0 radical (unpaired) electrons. The van der Waals surface area contributed by atoms with Crippen LogP contribution in [-0.2, 0) is 18.4 Å². The van der Waals surface area contributed by atoms with Crippen LogP contribution in [0.2, 0.25) is 0 Å². The Balaban J connectivity index is 1.86. The molecule has 0 bridgehead atoms. The molecule has 2 rings (SSSR count). The fourth-order valence-corrected chi connectivity index (χ4v) is 1.89. The second kappa shape index (κ2) is 5.56. The smallest absolute Gasteiger partial charge is 0.247 e. The van der Waals surface area contributed by atoms with E-state index >= 15 is 0 Å². The Kier molecular flexibility index (Phi) is 3.85. The van der Waals surface area contributed by atoms with Crippen LogP contribution in [0.15, 0.2) is 11.6 Å². The molecule has 0 fully saturated rings. The van der Waals surface area contributed by atoms with Crippen molar-refractivity contribution in [2.45, 2.75) is 38.6 Å². The van der Waals surface area contributed by atoms with E-state index in [1.807, 2.05) is 6.08 Å². The first-order valence-corrected chi connectivity index (χ1v) is 5.96. The van der Waals surface area contributed by atoms with Gasteiger partial charge in [-0.1, -0.05) is 12.5 Å². The van der Waals surface area contributed by atoms with Gasteiger partial charge in [-0.25, -0.2) is 0 Å². The monoisotopic (exact) mass is 235 g/mol. The van der Waals surface area contributed by atoms with Crippen molar-refractivity contribution in [3.8, 4) is 0 Å². The number of carbonyl (C=O) groups is 1. The average molecular weight is 235 g/mol. The molecule has 1 aliphatic carbocycles. The van der Waals surface area contributed by atoms with Gasteiger partial charge >= 0.3 is 0 Å². The minimum atomic E-state index is -0.000599. The van der Waals surface area contributed by atoms with Crippen LogP contribution in [0.3, 0.4) is 0 Å². The third kappa shape index (κ3) is 3.37. The first-order chi connectivity index (χ1) is 8.25. The lowest BCUT2D eigenvalue weighted by atomic mass is 10.1. The van der Waals surface area contributed by atoms with Gasteiger partial charge in [-0.05, 0) is 30.9 Å². The molecule has 0 atom stereocenters. The van der Waals surface area contributed by atoms with E-state index in [1.165, 1.54) is 17.6 Å². The number of tetrazole rings is 1. The number of hydrogen-bond acceptors (Lipinski definition) is 4. The molecule has 1 amide bonds. The van der Waals surface area contributed by atoms with Crippen molar-refractivity contribution < 1.29 is 4.79 Å². The van der Waals surface area contributed by atoms with E-state index in [1.54, 1.807) is 7.05 Å². The van der Waals surface area contributed by atoms with Gasteiger partial charge in [0.2, 0.25) is 5.91 Å². The molecule has 1 heterocycles. The number of hydrogen-bond donors (Lipinski definition) is 1. The van der Waals surface area contributed by atoms with Crippen LogP contribution in [0.4, 0.5) is 0 Å². The van der Waals surface area contributed by atoms with Crippen molar-refractivity contribution in [3.05, 3.63) is 17.5 Å². The number of aromatic nitrogens is 4.